The van der Waals surface area contributed by atoms with Gasteiger partial charge in [0, 0.05) is 48.7 Å². The predicted molar refractivity (Wildman–Crippen MR) is 177 cm³/mol. The molecule has 6 heteroatoms. The van der Waals surface area contributed by atoms with Crippen molar-refractivity contribution in [3.8, 4) is 16.9 Å². The number of hydrogen-bond donors (Lipinski definition) is 0. The predicted octanol–water partition coefficient (Wildman–Crippen LogP) is 8.78. The second-order valence-corrected chi connectivity index (χ2v) is 11.9. The van der Waals surface area contributed by atoms with E-state index in [1.165, 1.54) is 17.3 Å². The first kappa shape index (κ1) is 31.2. The highest BCUT2D eigenvalue weighted by Gasteiger charge is 2.21. The van der Waals surface area contributed by atoms with Gasteiger partial charge in [-0.15, -0.1) is 0 Å². The van der Waals surface area contributed by atoms with Crippen LogP contribution in [-0.4, -0.2) is 40.4 Å². The van der Waals surface area contributed by atoms with E-state index < -0.39 is 0 Å². The van der Waals surface area contributed by atoms with E-state index >= 15 is 0 Å². The van der Waals surface area contributed by atoms with Crippen LogP contribution in [0.2, 0.25) is 0 Å². The van der Waals surface area contributed by atoms with E-state index in [2.05, 4.69) is 36.6 Å². The van der Waals surface area contributed by atoms with Gasteiger partial charge in [-0.25, -0.2) is 9.37 Å². The number of aromatic nitrogens is 2. The van der Waals surface area contributed by atoms with Crippen LogP contribution in [0.4, 0.5) is 4.39 Å². The van der Waals surface area contributed by atoms with Gasteiger partial charge in [0.15, 0.2) is 0 Å². The van der Waals surface area contributed by atoms with Crippen molar-refractivity contribution < 1.29 is 13.9 Å². The van der Waals surface area contributed by atoms with Crippen LogP contribution in [0.25, 0.3) is 23.0 Å². The Hall–Kier alpha value is -4.19. The molecule has 5 rings (SSSR count). The summed E-state index contributed by atoms with van der Waals surface area (Å²) >= 11 is 0. The van der Waals surface area contributed by atoms with Gasteiger partial charge in [0.25, 0.3) is 0 Å². The Balaban J connectivity index is 1.24. The minimum atomic E-state index is -0.241. The van der Waals surface area contributed by atoms with E-state index in [0.29, 0.717) is 23.7 Å². The summed E-state index contributed by atoms with van der Waals surface area (Å²) in [5.74, 6) is 2.14. The summed E-state index contributed by atoms with van der Waals surface area (Å²) in [6, 6.07) is 13.0. The maximum atomic E-state index is 14.0. The molecule has 0 N–H and O–H groups in total. The lowest BCUT2D eigenvalue weighted by Crippen LogP contribution is -2.23. The summed E-state index contributed by atoms with van der Waals surface area (Å²) in [5.41, 5.74) is 6.60. The number of aryl methyl sites for hydroxylation is 1. The first-order valence-corrected chi connectivity index (χ1v) is 15.9. The van der Waals surface area contributed by atoms with Crippen LogP contribution in [0.1, 0.15) is 68.8 Å². The number of methoxy groups -OCH3 is 1. The molecule has 3 aromatic rings. The number of imidazole rings is 1. The van der Waals surface area contributed by atoms with Crippen molar-refractivity contribution in [1.82, 2.24) is 14.5 Å². The van der Waals surface area contributed by atoms with Gasteiger partial charge in [0.1, 0.15) is 23.2 Å². The molecule has 44 heavy (non-hydrogen) atoms. The molecule has 1 aromatic heterocycles. The third kappa shape index (κ3) is 7.47. The van der Waals surface area contributed by atoms with Crippen molar-refractivity contribution in [3.63, 3.8) is 0 Å². The standard InChI is InChI=1S/C38H44FN3O2/c1-5-28-12-16-32(17-13-28)42-26-36(31-15-19-35(39)27(3)23-31)40-38(42)25-34(43)18-14-29-9-8-21-41(22-20-29)33-11-7-10-30(6-2)37(24-33)44-4/h5,10-13,15-17,19,23-24,26,29H,1,6-9,14,18,20-22,25H2,2-4H3. The van der Waals surface area contributed by atoms with Gasteiger partial charge in [0.2, 0.25) is 0 Å². The second kappa shape index (κ2) is 14.5. The monoisotopic (exact) mass is 593 g/mol. The zero-order valence-electron chi connectivity index (χ0n) is 26.3. The number of carbonyl (C=O) groups excluding carboxylic acids is 1. The Morgan fingerprint density at radius 2 is 1.95 bits per heavy atom. The molecule has 2 heterocycles. The lowest BCUT2D eigenvalue weighted by Gasteiger charge is -2.24. The molecule has 0 spiro atoms. The number of allylic oxidation sites excluding steroid dienone is 4. The molecule has 1 aliphatic heterocycles. The Kier molecular flexibility index (Phi) is 10.3. The van der Waals surface area contributed by atoms with E-state index in [0.717, 1.165) is 79.9 Å². The van der Waals surface area contributed by atoms with Gasteiger partial charge in [-0.3, -0.25) is 4.79 Å². The quantitative estimate of drug-likeness (QED) is 0.223. The molecule has 0 bridgehead atoms. The van der Waals surface area contributed by atoms with Crippen LogP contribution >= 0.6 is 0 Å². The summed E-state index contributed by atoms with van der Waals surface area (Å²) in [5, 5.41) is 0. The van der Waals surface area contributed by atoms with Crippen molar-refractivity contribution in [1.29, 1.82) is 0 Å². The van der Waals surface area contributed by atoms with Crippen LogP contribution in [0.5, 0.6) is 0 Å². The minimum Gasteiger partial charge on any atom is -0.496 e. The Labute approximate surface area is 261 Å². The molecule has 1 fully saturated rings. The molecule has 2 aromatic carbocycles. The molecule has 1 aliphatic carbocycles. The Morgan fingerprint density at radius 1 is 1.14 bits per heavy atom. The molecule has 5 nitrogen and oxygen atoms in total. The van der Waals surface area contributed by atoms with Gasteiger partial charge in [-0.2, -0.15) is 0 Å². The van der Waals surface area contributed by atoms with E-state index in [9.17, 15) is 9.18 Å². The van der Waals surface area contributed by atoms with E-state index in [1.807, 2.05) is 41.1 Å². The minimum absolute atomic E-state index is 0.194. The number of hydrogen-bond acceptors (Lipinski definition) is 4. The fraction of sp³-hybridized carbons (Fsp3) is 0.368. The summed E-state index contributed by atoms with van der Waals surface area (Å²) in [6.07, 6.45) is 17.4. The lowest BCUT2D eigenvalue weighted by molar-refractivity contribution is -0.118. The number of benzene rings is 2. The Bertz CT molecular complexity index is 1580. The third-order valence-corrected chi connectivity index (χ3v) is 8.93. The van der Waals surface area contributed by atoms with Gasteiger partial charge in [-0.05, 0) is 98.4 Å². The van der Waals surface area contributed by atoms with E-state index in [4.69, 9.17) is 9.72 Å². The van der Waals surface area contributed by atoms with Gasteiger partial charge in [0.05, 0.1) is 19.2 Å². The number of ketones is 1. The Morgan fingerprint density at radius 3 is 2.68 bits per heavy atom. The number of carbonyl (C=O) groups is 1. The zero-order valence-corrected chi connectivity index (χ0v) is 26.3. The molecular weight excluding hydrogens is 549 g/mol. The lowest BCUT2D eigenvalue weighted by atomic mass is 9.93. The first-order valence-electron chi connectivity index (χ1n) is 15.9. The molecule has 0 saturated carbocycles. The fourth-order valence-electron chi connectivity index (χ4n) is 6.26. The van der Waals surface area contributed by atoms with Crippen molar-refractivity contribution >= 4 is 11.9 Å². The topological polar surface area (TPSA) is 47.4 Å². The van der Waals surface area contributed by atoms with Crippen LogP contribution in [0.15, 0.2) is 90.5 Å². The van der Waals surface area contributed by atoms with Crippen molar-refractivity contribution in [2.45, 2.75) is 65.2 Å². The zero-order chi connectivity index (χ0) is 31.1. The maximum Gasteiger partial charge on any atom is 0.140 e. The largest absolute Gasteiger partial charge is 0.496 e. The van der Waals surface area contributed by atoms with Crippen LogP contribution in [0, 0.1) is 18.7 Å². The van der Waals surface area contributed by atoms with E-state index in [-0.39, 0.29) is 18.0 Å². The average molecular weight is 594 g/mol. The van der Waals surface area contributed by atoms with E-state index in [1.54, 1.807) is 26.2 Å². The number of nitrogens with zero attached hydrogens (tertiary/aromatic N) is 3. The SMILES string of the molecule is C=Cc1ccc(-n2cc(-c3ccc(F)c(C)c3)nc2CC(=O)CCC2CCCN(C3=CCC=C(CC)C(OC)=C3)CC2)cc1. The van der Waals surface area contributed by atoms with Crippen molar-refractivity contribution in [2.24, 2.45) is 5.92 Å². The van der Waals surface area contributed by atoms with Crippen LogP contribution in [-0.2, 0) is 16.0 Å². The van der Waals surface area contributed by atoms with Crippen molar-refractivity contribution in [3.05, 3.63) is 113 Å². The first-order chi connectivity index (χ1) is 21.4. The fourth-order valence-corrected chi connectivity index (χ4v) is 6.26. The number of rotatable bonds is 11. The molecular formula is C38H44FN3O2. The maximum absolute atomic E-state index is 14.0. The number of Topliss-reactive ketones (excluding diaryl/α,β-unsaturated/α-hetero) is 1. The molecule has 1 unspecified atom stereocenters. The summed E-state index contributed by atoms with van der Waals surface area (Å²) in [7, 11) is 1.75. The van der Waals surface area contributed by atoms with Crippen LogP contribution < -0.4 is 0 Å². The number of halogens is 1. The molecule has 1 saturated heterocycles. The molecule has 2 aliphatic rings. The highest BCUT2D eigenvalue weighted by molar-refractivity contribution is 5.80. The highest BCUT2D eigenvalue weighted by Crippen LogP contribution is 2.29. The third-order valence-electron chi connectivity index (χ3n) is 8.93. The highest BCUT2D eigenvalue weighted by atomic mass is 19.1. The van der Waals surface area contributed by atoms with Crippen LogP contribution in [0.3, 0.4) is 0 Å². The molecule has 230 valence electrons. The molecule has 0 amide bonds. The van der Waals surface area contributed by atoms with Gasteiger partial charge in [-0.1, -0.05) is 43.9 Å². The van der Waals surface area contributed by atoms with Gasteiger partial charge < -0.3 is 14.2 Å². The summed E-state index contributed by atoms with van der Waals surface area (Å²) in [6.45, 7) is 9.79. The van der Waals surface area contributed by atoms with Gasteiger partial charge >= 0.3 is 0 Å². The number of likely N-dealkylation sites (tertiary alicyclic amines) is 1. The number of ether oxygens (including phenoxy) is 1. The summed E-state index contributed by atoms with van der Waals surface area (Å²) < 4.78 is 21.7. The second-order valence-electron chi connectivity index (χ2n) is 11.9. The average Bonchev–Trinajstić information content (AvgIpc) is 3.18. The van der Waals surface area contributed by atoms with Crippen molar-refractivity contribution in [2.75, 3.05) is 20.2 Å². The molecule has 0 radical (unpaired) electrons. The normalized spacial score (nSPS) is 17.2. The summed E-state index contributed by atoms with van der Waals surface area (Å²) in [4.78, 5) is 20.8. The molecule has 1 atom stereocenters. The smallest absolute Gasteiger partial charge is 0.140 e.